The van der Waals surface area contributed by atoms with Crippen LogP contribution >= 0.6 is 0 Å². The molecule has 0 aromatic heterocycles. The van der Waals surface area contributed by atoms with Crippen molar-refractivity contribution in [2.75, 3.05) is 20.8 Å². The number of hydrogen-bond donors (Lipinski definition) is 2. The minimum atomic E-state index is -1.91. The Bertz CT molecular complexity index is 663. The number of ether oxygens (including phenoxy) is 2. The SMILES string of the molecule is COc1ccc(CN2C(=O)C3(O)C2CCN3C(=O)O)cc1OC. The zero-order chi connectivity index (χ0) is 16.8. The maximum absolute atomic E-state index is 12.3. The largest absolute Gasteiger partial charge is 0.493 e. The van der Waals surface area contributed by atoms with Crippen molar-refractivity contribution in [3.8, 4) is 11.5 Å². The fourth-order valence-corrected chi connectivity index (χ4v) is 3.32. The molecule has 0 spiro atoms. The minimum Gasteiger partial charge on any atom is -0.493 e. The molecule has 2 fully saturated rings. The average Bonchev–Trinajstić information content (AvgIpc) is 2.86. The van der Waals surface area contributed by atoms with Gasteiger partial charge in [-0.2, -0.15) is 0 Å². The van der Waals surface area contributed by atoms with E-state index < -0.39 is 23.8 Å². The van der Waals surface area contributed by atoms with Crippen LogP contribution in [0.15, 0.2) is 18.2 Å². The summed E-state index contributed by atoms with van der Waals surface area (Å²) >= 11 is 0. The van der Waals surface area contributed by atoms with Gasteiger partial charge in [-0.3, -0.25) is 9.69 Å². The van der Waals surface area contributed by atoms with E-state index in [2.05, 4.69) is 0 Å². The van der Waals surface area contributed by atoms with Gasteiger partial charge in [0.15, 0.2) is 11.5 Å². The minimum absolute atomic E-state index is 0.144. The van der Waals surface area contributed by atoms with Crippen LogP contribution < -0.4 is 9.47 Å². The quantitative estimate of drug-likeness (QED) is 0.783. The number of β-lactam (4-membered cyclic amide) rings is 1. The highest BCUT2D eigenvalue weighted by Gasteiger charge is 2.68. The lowest BCUT2D eigenvalue weighted by molar-refractivity contribution is -0.210. The molecule has 8 heteroatoms. The van der Waals surface area contributed by atoms with E-state index in [0.717, 1.165) is 10.5 Å². The van der Waals surface area contributed by atoms with Gasteiger partial charge in [0.25, 0.3) is 5.91 Å². The van der Waals surface area contributed by atoms with Crippen LogP contribution in [0.3, 0.4) is 0 Å². The van der Waals surface area contributed by atoms with E-state index in [0.29, 0.717) is 17.9 Å². The van der Waals surface area contributed by atoms with Crippen LogP contribution in [0.2, 0.25) is 0 Å². The molecule has 2 heterocycles. The molecule has 124 valence electrons. The van der Waals surface area contributed by atoms with Gasteiger partial charge in [-0.25, -0.2) is 4.79 Å². The van der Waals surface area contributed by atoms with Crippen LogP contribution in [0.5, 0.6) is 11.5 Å². The van der Waals surface area contributed by atoms with Crippen molar-refractivity contribution in [2.24, 2.45) is 0 Å². The molecule has 3 rings (SSSR count). The lowest BCUT2D eigenvalue weighted by Crippen LogP contribution is -2.76. The summed E-state index contributed by atoms with van der Waals surface area (Å²) in [5, 5.41) is 19.5. The van der Waals surface area contributed by atoms with E-state index in [1.807, 2.05) is 0 Å². The third-order valence-corrected chi connectivity index (χ3v) is 4.49. The smallest absolute Gasteiger partial charge is 0.410 e. The maximum Gasteiger partial charge on any atom is 0.410 e. The molecule has 23 heavy (non-hydrogen) atoms. The standard InChI is InChI=1S/C15H18N2O6/c1-22-10-4-3-9(7-11(10)23-2)8-16-12-5-6-17(14(19)20)15(12,21)13(16)18/h3-4,7,12,21H,5-6,8H2,1-2H3,(H,19,20). The number of methoxy groups -OCH3 is 2. The van der Waals surface area contributed by atoms with E-state index in [-0.39, 0.29) is 13.1 Å². The van der Waals surface area contributed by atoms with Gasteiger partial charge in [0, 0.05) is 13.1 Å². The fraction of sp³-hybridized carbons (Fsp3) is 0.467. The van der Waals surface area contributed by atoms with Gasteiger partial charge in [-0.15, -0.1) is 0 Å². The third kappa shape index (κ3) is 2.09. The van der Waals surface area contributed by atoms with Crippen LogP contribution in [0, 0.1) is 0 Å². The molecule has 2 amide bonds. The van der Waals surface area contributed by atoms with E-state index in [4.69, 9.17) is 14.6 Å². The average molecular weight is 322 g/mol. The van der Waals surface area contributed by atoms with Crippen molar-refractivity contribution in [2.45, 2.75) is 24.7 Å². The molecule has 1 aromatic rings. The van der Waals surface area contributed by atoms with Crippen LogP contribution in [0.4, 0.5) is 4.79 Å². The molecular formula is C15H18N2O6. The second-order valence-electron chi connectivity index (χ2n) is 5.59. The zero-order valence-corrected chi connectivity index (χ0v) is 12.9. The molecule has 2 aliphatic heterocycles. The van der Waals surface area contributed by atoms with Crippen LogP contribution in [-0.4, -0.2) is 64.5 Å². The molecule has 2 unspecified atom stereocenters. The number of nitrogens with zero attached hydrogens (tertiary/aromatic N) is 2. The number of aliphatic hydroxyl groups is 1. The summed E-state index contributed by atoms with van der Waals surface area (Å²) in [6, 6.07) is 4.78. The third-order valence-electron chi connectivity index (χ3n) is 4.49. The number of carboxylic acid groups (broad SMARTS) is 1. The number of carbonyl (C=O) groups excluding carboxylic acids is 1. The summed E-state index contributed by atoms with van der Waals surface area (Å²) in [6.07, 6.45) is -0.865. The predicted octanol–water partition coefficient (Wildman–Crippen LogP) is 0.487. The lowest BCUT2D eigenvalue weighted by Gasteiger charge is -2.51. The highest BCUT2D eigenvalue weighted by atomic mass is 16.5. The Labute approximate surface area is 132 Å². The monoisotopic (exact) mass is 322 g/mol. The molecule has 0 bridgehead atoms. The van der Waals surface area contributed by atoms with Gasteiger partial charge >= 0.3 is 6.09 Å². The second kappa shape index (κ2) is 5.31. The maximum atomic E-state index is 12.3. The number of amides is 2. The molecule has 2 atom stereocenters. The Morgan fingerprint density at radius 3 is 2.65 bits per heavy atom. The number of carbonyl (C=O) groups is 2. The fourth-order valence-electron chi connectivity index (χ4n) is 3.32. The number of likely N-dealkylation sites (tertiary alicyclic amines) is 2. The van der Waals surface area contributed by atoms with E-state index in [9.17, 15) is 14.7 Å². The first kappa shape index (κ1) is 15.4. The highest BCUT2D eigenvalue weighted by molar-refractivity contribution is 5.95. The molecule has 8 nitrogen and oxygen atoms in total. The topological polar surface area (TPSA) is 99.5 Å². The Kier molecular flexibility index (Phi) is 3.56. The molecular weight excluding hydrogens is 304 g/mol. The van der Waals surface area contributed by atoms with Crippen molar-refractivity contribution < 1.29 is 29.3 Å². The van der Waals surface area contributed by atoms with Crippen molar-refractivity contribution in [3.05, 3.63) is 23.8 Å². The molecule has 1 aromatic carbocycles. The lowest BCUT2D eigenvalue weighted by atomic mass is 9.90. The van der Waals surface area contributed by atoms with E-state index in [1.165, 1.54) is 19.1 Å². The van der Waals surface area contributed by atoms with Gasteiger partial charge in [0.1, 0.15) is 0 Å². The van der Waals surface area contributed by atoms with Gasteiger partial charge in [-0.05, 0) is 24.1 Å². The summed E-state index contributed by atoms with van der Waals surface area (Å²) in [6.45, 7) is 0.421. The van der Waals surface area contributed by atoms with Crippen molar-refractivity contribution in [1.29, 1.82) is 0 Å². The van der Waals surface area contributed by atoms with Crippen LogP contribution in [0.25, 0.3) is 0 Å². The first-order chi connectivity index (χ1) is 10.9. The Hall–Kier alpha value is -2.48. The van der Waals surface area contributed by atoms with Gasteiger partial charge in [0.2, 0.25) is 5.72 Å². The summed E-state index contributed by atoms with van der Waals surface area (Å²) in [7, 11) is 3.06. The number of rotatable bonds is 4. The Morgan fingerprint density at radius 1 is 1.35 bits per heavy atom. The van der Waals surface area contributed by atoms with Gasteiger partial charge < -0.3 is 24.6 Å². The van der Waals surface area contributed by atoms with Crippen LogP contribution in [-0.2, 0) is 11.3 Å². The van der Waals surface area contributed by atoms with Crippen molar-refractivity contribution in [3.63, 3.8) is 0 Å². The molecule has 2 aliphatic rings. The highest BCUT2D eigenvalue weighted by Crippen LogP contribution is 2.43. The van der Waals surface area contributed by atoms with Crippen LogP contribution in [0.1, 0.15) is 12.0 Å². The molecule has 2 N–H and O–H groups in total. The number of hydrogen-bond acceptors (Lipinski definition) is 5. The van der Waals surface area contributed by atoms with Crippen molar-refractivity contribution >= 4 is 12.0 Å². The summed E-state index contributed by atoms with van der Waals surface area (Å²) < 4.78 is 10.4. The van der Waals surface area contributed by atoms with Crippen molar-refractivity contribution in [1.82, 2.24) is 9.80 Å². The zero-order valence-electron chi connectivity index (χ0n) is 12.9. The van der Waals surface area contributed by atoms with Gasteiger partial charge in [-0.1, -0.05) is 6.07 Å². The molecule has 0 saturated carbocycles. The molecule has 2 saturated heterocycles. The predicted molar refractivity (Wildman–Crippen MR) is 78.2 cm³/mol. The molecule has 0 aliphatic carbocycles. The molecule has 0 radical (unpaired) electrons. The normalized spacial score (nSPS) is 25.9. The number of fused-ring (bicyclic) bond motifs is 1. The Balaban J connectivity index is 1.78. The van der Waals surface area contributed by atoms with E-state index >= 15 is 0 Å². The van der Waals surface area contributed by atoms with Gasteiger partial charge in [0.05, 0.1) is 20.3 Å². The number of benzene rings is 1. The van der Waals surface area contributed by atoms with E-state index in [1.54, 1.807) is 18.2 Å². The first-order valence-electron chi connectivity index (χ1n) is 7.18. The Morgan fingerprint density at radius 2 is 2.04 bits per heavy atom. The summed E-state index contributed by atoms with van der Waals surface area (Å²) in [5.74, 6) is 0.546. The summed E-state index contributed by atoms with van der Waals surface area (Å²) in [5.41, 5.74) is -1.10. The second-order valence-corrected chi connectivity index (χ2v) is 5.59. The summed E-state index contributed by atoms with van der Waals surface area (Å²) in [4.78, 5) is 25.7. The first-order valence-corrected chi connectivity index (χ1v) is 7.18.